The summed E-state index contributed by atoms with van der Waals surface area (Å²) in [5.41, 5.74) is 13.5. The minimum atomic E-state index is -4.67. The lowest BCUT2D eigenvalue weighted by Crippen LogP contribution is -2.05. The molecule has 1 aromatic carbocycles. The van der Waals surface area contributed by atoms with Crippen LogP contribution in [0.3, 0.4) is 0 Å². The molecule has 6 nitrogen and oxygen atoms in total. The highest BCUT2D eigenvalue weighted by atomic mass is 32.3. The van der Waals surface area contributed by atoms with Gasteiger partial charge in [0.05, 0.1) is 0 Å². The number of hydrogen-bond donors (Lipinski definition) is 4. The van der Waals surface area contributed by atoms with Crippen LogP contribution in [0.2, 0.25) is 0 Å². The first-order valence-corrected chi connectivity index (χ1v) is 6.44. The standard InChI is InChI=1S/C10H16N2.H2O4S/c11-6-4-9-2-1-3-10(8-9)5-7-12;1-5(2,3)4/h1-3,8H,4-7,11-12H2;(H2,1,2,3,4). The molecule has 0 unspecified atom stereocenters. The van der Waals surface area contributed by atoms with Gasteiger partial charge in [-0.2, -0.15) is 8.42 Å². The summed E-state index contributed by atoms with van der Waals surface area (Å²) in [6.45, 7) is 1.43. The Balaban J connectivity index is 0.000000437. The first-order chi connectivity index (χ1) is 7.86. The smallest absolute Gasteiger partial charge is 0.330 e. The second-order valence-electron chi connectivity index (χ2n) is 3.35. The number of nitrogens with two attached hydrogens (primary N) is 2. The monoisotopic (exact) mass is 262 g/mol. The largest absolute Gasteiger partial charge is 0.394 e. The van der Waals surface area contributed by atoms with Gasteiger partial charge in [0, 0.05) is 0 Å². The highest BCUT2D eigenvalue weighted by Crippen LogP contribution is 2.05. The Morgan fingerprint density at radius 3 is 1.65 bits per heavy atom. The first kappa shape index (κ1) is 16.0. The lowest BCUT2D eigenvalue weighted by atomic mass is 10.1. The van der Waals surface area contributed by atoms with Crippen molar-refractivity contribution in [2.75, 3.05) is 13.1 Å². The van der Waals surface area contributed by atoms with E-state index >= 15 is 0 Å². The molecule has 0 spiro atoms. The maximum Gasteiger partial charge on any atom is 0.394 e. The molecule has 1 rings (SSSR count). The lowest BCUT2D eigenvalue weighted by molar-refractivity contribution is 0.381. The van der Waals surface area contributed by atoms with Gasteiger partial charge in [0.25, 0.3) is 0 Å². The minimum absolute atomic E-state index is 0.714. The van der Waals surface area contributed by atoms with Crippen molar-refractivity contribution in [3.63, 3.8) is 0 Å². The molecule has 0 bridgehead atoms. The van der Waals surface area contributed by atoms with E-state index in [2.05, 4.69) is 24.3 Å². The van der Waals surface area contributed by atoms with Crippen LogP contribution in [0, 0.1) is 0 Å². The second-order valence-corrected chi connectivity index (χ2v) is 4.24. The van der Waals surface area contributed by atoms with E-state index in [-0.39, 0.29) is 0 Å². The van der Waals surface area contributed by atoms with E-state index in [1.165, 1.54) is 11.1 Å². The molecule has 0 aromatic heterocycles. The molecule has 0 fully saturated rings. The van der Waals surface area contributed by atoms with Crippen LogP contribution >= 0.6 is 0 Å². The summed E-state index contributed by atoms with van der Waals surface area (Å²) in [7, 11) is -4.67. The molecule has 0 amide bonds. The SMILES string of the molecule is NCCc1cccc(CCN)c1.O=S(=O)(O)O. The molecule has 98 valence electrons. The van der Waals surface area contributed by atoms with Crippen molar-refractivity contribution in [2.24, 2.45) is 11.5 Å². The fraction of sp³-hybridized carbons (Fsp3) is 0.400. The van der Waals surface area contributed by atoms with Crippen molar-refractivity contribution in [3.8, 4) is 0 Å². The van der Waals surface area contributed by atoms with Crippen molar-refractivity contribution in [1.29, 1.82) is 0 Å². The summed E-state index contributed by atoms with van der Waals surface area (Å²) < 4.78 is 31.6. The van der Waals surface area contributed by atoms with Crippen LogP contribution in [0.4, 0.5) is 0 Å². The lowest BCUT2D eigenvalue weighted by Gasteiger charge is -2.02. The Bertz CT molecular complexity index is 391. The van der Waals surface area contributed by atoms with Gasteiger partial charge in [-0.1, -0.05) is 24.3 Å². The average Bonchev–Trinajstić information content (AvgIpc) is 2.16. The third-order valence-corrected chi connectivity index (χ3v) is 1.86. The van der Waals surface area contributed by atoms with Crippen molar-refractivity contribution in [3.05, 3.63) is 35.4 Å². The molecule has 0 saturated carbocycles. The molecule has 0 aliphatic carbocycles. The number of rotatable bonds is 4. The van der Waals surface area contributed by atoms with Crippen LogP contribution in [0.15, 0.2) is 24.3 Å². The summed E-state index contributed by atoms with van der Waals surface area (Å²) in [5, 5.41) is 0. The van der Waals surface area contributed by atoms with Crippen LogP contribution in [0.1, 0.15) is 11.1 Å². The van der Waals surface area contributed by atoms with Crippen LogP contribution in [-0.4, -0.2) is 30.6 Å². The summed E-state index contributed by atoms with van der Waals surface area (Å²) in [4.78, 5) is 0. The topological polar surface area (TPSA) is 127 Å². The quantitative estimate of drug-likeness (QED) is 0.567. The molecule has 0 aliphatic heterocycles. The van der Waals surface area contributed by atoms with E-state index in [0.717, 1.165) is 12.8 Å². The summed E-state index contributed by atoms with van der Waals surface area (Å²) >= 11 is 0. The third-order valence-electron chi connectivity index (χ3n) is 1.86. The molecule has 6 N–H and O–H groups in total. The van der Waals surface area contributed by atoms with Crippen LogP contribution in [0.25, 0.3) is 0 Å². The van der Waals surface area contributed by atoms with Gasteiger partial charge in [0.15, 0.2) is 0 Å². The molecule has 1 aromatic rings. The van der Waals surface area contributed by atoms with Gasteiger partial charge in [0.2, 0.25) is 0 Å². The second kappa shape index (κ2) is 8.15. The van der Waals surface area contributed by atoms with Crippen LogP contribution in [0.5, 0.6) is 0 Å². The van der Waals surface area contributed by atoms with Gasteiger partial charge >= 0.3 is 10.4 Å². The Morgan fingerprint density at radius 2 is 1.35 bits per heavy atom. The molecule has 7 heteroatoms. The molecule has 0 aliphatic rings. The number of hydrogen-bond acceptors (Lipinski definition) is 4. The molecule has 0 heterocycles. The minimum Gasteiger partial charge on any atom is -0.330 e. The van der Waals surface area contributed by atoms with Crippen LogP contribution in [-0.2, 0) is 23.2 Å². The zero-order valence-corrected chi connectivity index (χ0v) is 10.2. The molecule has 17 heavy (non-hydrogen) atoms. The molecule has 0 atom stereocenters. The Hall–Kier alpha value is -0.990. The predicted octanol–water partition coefficient (Wildman–Crippen LogP) is 0.0362. The van der Waals surface area contributed by atoms with E-state index < -0.39 is 10.4 Å². The Kier molecular flexibility index (Phi) is 7.68. The van der Waals surface area contributed by atoms with Gasteiger partial charge in [-0.05, 0) is 37.1 Å². The summed E-state index contributed by atoms with van der Waals surface area (Å²) in [6.07, 6.45) is 1.91. The normalized spacial score (nSPS) is 10.6. The van der Waals surface area contributed by atoms with Gasteiger partial charge in [-0.15, -0.1) is 0 Å². The maximum atomic E-state index is 8.74. The van der Waals surface area contributed by atoms with Gasteiger partial charge in [-0.3, -0.25) is 9.11 Å². The Morgan fingerprint density at radius 1 is 1.00 bits per heavy atom. The highest BCUT2D eigenvalue weighted by molar-refractivity contribution is 7.79. The molecule has 0 saturated heterocycles. The van der Waals surface area contributed by atoms with E-state index in [1.54, 1.807) is 0 Å². The summed E-state index contributed by atoms with van der Waals surface area (Å²) in [5.74, 6) is 0. The van der Waals surface area contributed by atoms with E-state index in [1.807, 2.05) is 0 Å². The van der Waals surface area contributed by atoms with Crippen LogP contribution < -0.4 is 11.5 Å². The van der Waals surface area contributed by atoms with Gasteiger partial charge in [0.1, 0.15) is 0 Å². The third kappa shape index (κ3) is 11.3. The van der Waals surface area contributed by atoms with Gasteiger partial charge < -0.3 is 11.5 Å². The van der Waals surface area contributed by atoms with E-state index in [4.69, 9.17) is 29.0 Å². The fourth-order valence-corrected chi connectivity index (χ4v) is 1.27. The van der Waals surface area contributed by atoms with Crippen molar-refractivity contribution >= 4 is 10.4 Å². The van der Waals surface area contributed by atoms with E-state index in [9.17, 15) is 0 Å². The predicted molar refractivity (Wildman–Crippen MR) is 66.1 cm³/mol. The summed E-state index contributed by atoms with van der Waals surface area (Å²) in [6, 6.07) is 8.45. The van der Waals surface area contributed by atoms with Crippen molar-refractivity contribution in [1.82, 2.24) is 0 Å². The van der Waals surface area contributed by atoms with E-state index in [0.29, 0.717) is 13.1 Å². The van der Waals surface area contributed by atoms with Crippen molar-refractivity contribution in [2.45, 2.75) is 12.8 Å². The molecule has 0 radical (unpaired) electrons. The number of benzene rings is 1. The molecular formula is C10H18N2O4S. The average molecular weight is 262 g/mol. The molecular weight excluding hydrogens is 244 g/mol. The maximum absolute atomic E-state index is 8.74. The first-order valence-electron chi connectivity index (χ1n) is 5.04. The fourth-order valence-electron chi connectivity index (χ4n) is 1.27. The zero-order chi connectivity index (χ0) is 13.3. The van der Waals surface area contributed by atoms with Gasteiger partial charge in [-0.25, -0.2) is 0 Å². The zero-order valence-electron chi connectivity index (χ0n) is 9.41. The van der Waals surface area contributed by atoms with Crippen molar-refractivity contribution < 1.29 is 17.5 Å². The Labute approximate surface area is 101 Å². The highest BCUT2D eigenvalue weighted by Gasteiger charge is 1.93.